The van der Waals surface area contributed by atoms with Gasteiger partial charge in [0.15, 0.2) is 0 Å². The van der Waals surface area contributed by atoms with E-state index >= 15 is 0 Å². The number of carbonyl (C=O) groups is 1. The Morgan fingerprint density at radius 2 is 1.95 bits per heavy atom. The van der Waals surface area contributed by atoms with Crippen LogP contribution in [0.1, 0.15) is 23.6 Å². The maximum atomic E-state index is 12.4. The molecule has 1 aromatic carbocycles. The second-order valence-electron chi connectivity index (χ2n) is 5.42. The molecule has 2 aromatic rings. The number of aryl methyl sites for hydroxylation is 2. The van der Waals surface area contributed by atoms with Gasteiger partial charge in [-0.2, -0.15) is 0 Å². The molecule has 0 fully saturated rings. The first-order valence-electron chi connectivity index (χ1n) is 7.61. The van der Waals surface area contributed by atoms with Crippen LogP contribution in [0.3, 0.4) is 0 Å². The number of benzene rings is 1. The summed E-state index contributed by atoms with van der Waals surface area (Å²) in [5.74, 6) is 0. The molecule has 22 heavy (non-hydrogen) atoms. The molecule has 0 radical (unpaired) electrons. The van der Waals surface area contributed by atoms with E-state index in [0.717, 1.165) is 29.7 Å². The first-order chi connectivity index (χ1) is 10.6. The highest BCUT2D eigenvalue weighted by molar-refractivity contribution is 5.91. The summed E-state index contributed by atoms with van der Waals surface area (Å²) in [5, 5.41) is 3.04. The Labute approximate surface area is 132 Å². The lowest BCUT2D eigenvalue weighted by Gasteiger charge is -2.20. The summed E-state index contributed by atoms with van der Waals surface area (Å²) >= 11 is 0. The lowest BCUT2D eigenvalue weighted by atomic mass is 10.1. The number of amides is 2. The highest BCUT2D eigenvalue weighted by Gasteiger charge is 2.12. The van der Waals surface area contributed by atoms with Crippen molar-refractivity contribution >= 4 is 11.7 Å². The molecule has 2 amide bonds. The Bertz CT molecular complexity index is 625. The fraction of sp³-hybridized carbons (Fsp3) is 0.333. The number of urea groups is 1. The Kier molecular flexibility index (Phi) is 5.53. The average Bonchev–Trinajstić information content (AvgIpc) is 2.55. The van der Waals surface area contributed by atoms with Gasteiger partial charge in [-0.05, 0) is 48.6 Å². The SMILES string of the molecule is CCc1cccc(C)c1NC(=O)N(C)CCc1ccncc1. The van der Waals surface area contributed by atoms with Crippen molar-refractivity contribution in [3.05, 3.63) is 59.4 Å². The predicted octanol–water partition coefficient (Wildman–Crippen LogP) is 3.66. The molecule has 4 heteroatoms. The number of rotatable bonds is 5. The second kappa shape index (κ2) is 7.59. The third-order valence-electron chi connectivity index (χ3n) is 3.80. The lowest BCUT2D eigenvalue weighted by molar-refractivity contribution is 0.223. The molecule has 1 aromatic heterocycles. The van der Waals surface area contributed by atoms with E-state index in [1.807, 2.05) is 38.2 Å². The maximum Gasteiger partial charge on any atom is 0.321 e. The summed E-state index contributed by atoms with van der Waals surface area (Å²) in [6.45, 7) is 4.78. The van der Waals surface area contributed by atoms with E-state index in [0.29, 0.717) is 6.54 Å². The van der Waals surface area contributed by atoms with Crippen molar-refractivity contribution in [1.29, 1.82) is 0 Å². The molecule has 0 aliphatic carbocycles. The maximum absolute atomic E-state index is 12.4. The monoisotopic (exact) mass is 297 g/mol. The normalized spacial score (nSPS) is 10.3. The molecule has 1 heterocycles. The number of para-hydroxylation sites is 1. The van der Waals surface area contributed by atoms with Crippen molar-refractivity contribution in [2.24, 2.45) is 0 Å². The van der Waals surface area contributed by atoms with Crippen LogP contribution < -0.4 is 5.32 Å². The topological polar surface area (TPSA) is 45.2 Å². The molecule has 0 aliphatic rings. The summed E-state index contributed by atoms with van der Waals surface area (Å²) in [4.78, 5) is 18.1. The molecule has 0 unspecified atom stereocenters. The van der Waals surface area contributed by atoms with Crippen LogP contribution in [0.25, 0.3) is 0 Å². The van der Waals surface area contributed by atoms with E-state index in [2.05, 4.69) is 23.3 Å². The number of pyridine rings is 1. The van der Waals surface area contributed by atoms with Crippen molar-refractivity contribution in [2.45, 2.75) is 26.7 Å². The average molecular weight is 297 g/mol. The highest BCUT2D eigenvalue weighted by atomic mass is 16.2. The fourth-order valence-corrected chi connectivity index (χ4v) is 2.35. The lowest BCUT2D eigenvalue weighted by Crippen LogP contribution is -2.33. The van der Waals surface area contributed by atoms with Crippen molar-refractivity contribution in [3.8, 4) is 0 Å². The molecule has 1 N–H and O–H groups in total. The second-order valence-corrected chi connectivity index (χ2v) is 5.42. The minimum Gasteiger partial charge on any atom is -0.327 e. The fourth-order valence-electron chi connectivity index (χ4n) is 2.35. The predicted molar refractivity (Wildman–Crippen MR) is 90.1 cm³/mol. The zero-order chi connectivity index (χ0) is 15.9. The van der Waals surface area contributed by atoms with Crippen LogP contribution in [0.5, 0.6) is 0 Å². The molecule has 116 valence electrons. The van der Waals surface area contributed by atoms with Gasteiger partial charge < -0.3 is 10.2 Å². The van der Waals surface area contributed by atoms with Crippen molar-refractivity contribution in [1.82, 2.24) is 9.88 Å². The van der Waals surface area contributed by atoms with E-state index in [1.165, 1.54) is 5.56 Å². The zero-order valence-electron chi connectivity index (χ0n) is 13.5. The number of likely N-dealkylation sites (N-methyl/N-ethyl adjacent to an activating group) is 1. The first kappa shape index (κ1) is 16.0. The van der Waals surface area contributed by atoms with Gasteiger partial charge in [-0.1, -0.05) is 25.1 Å². The van der Waals surface area contributed by atoms with Gasteiger partial charge in [-0.15, -0.1) is 0 Å². The number of carbonyl (C=O) groups excluding carboxylic acids is 1. The van der Waals surface area contributed by atoms with E-state index < -0.39 is 0 Å². The standard InChI is InChI=1S/C18H23N3O/c1-4-16-7-5-6-14(2)17(16)20-18(22)21(3)13-10-15-8-11-19-12-9-15/h5-9,11-12H,4,10,13H2,1-3H3,(H,20,22). The van der Waals surface area contributed by atoms with Gasteiger partial charge in [0.1, 0.15) is 0 Å². The molecule has 0 saturated carbocycles. The third kappa shape index (κ3) is 4.07. The van der Waals surface area contributed by atoms with Gasteiger partial charge >= 0.3 is 6.03 Å². The Balaban J connectivity index is 1.97. The van der Waals surface area contributed by atoms with Crippen LogP contribution in [0.4, 0.5) is 10.5 Å². The van der Waals surface area contributed by atoms with Gasteiger partial charge in [-0.25, -0.2) is 4.79 Å². The van der Waals surface area contributed by atoms with Crippen molar-refractivity contribution < 1.29 is 4.79 Å². The number of nitrogens with zero attached hydrogens (tertiary/aromatic N) is 2. The largest absolute Gasteiger partial charge is 0.327 e. The van der Waals surface area contributed by atoms with E-state index in [-0.39, 0.29) is 6.03 Å². The Morgan fingerprint density at radius 3 is 2.64 bits per heavy atom. The molecule has 0 aliphatic heterocycles. The smallest absolute Gasteiger partial charge is 0.321 e. The summed E-state index contributed by atoms with van der Waals surface area (Å²) < 4.78 is 0. The number of hydrogen-bond acceptors (Lipinski definition) is 2. The number of nitrogens with one attached hydrogen (secondary N) is 1. The van der Waals surface area contributed by atoms with Crippen LogP contribution in [0.2, 0.25) is 0 Å². The number of anilines is 1. The van der Waals surface area contributed by atoms with E-state index in [9.17, 15) is 4.79 Å². The summed E-state index contributed by atoms with van der Waals surface area (Å²) in [7, 11) is 1.82. The van der Waals surface area contributed by atoms with Crippen LogP contribution in [-0.2, 0) is 12.8 Å². The van der Waals surface area contributed by atoms with Gasteiger partial charge in [-0.3, -0.25) is 4.98 Å². The van der Waals surface area contributed by atoms with E-state index in [1.54, 1.807) is 17.3 Å². The minimum atomic E-state index is -0.0712. The quantitative estimate of drug-likeness (QED) is 0.915. The zero-order valence-corrected chi connectivity index (χ0v) is 13.5. The van der Waals surface area contributed by atoms with Crippen molar-refractivity contribution in [3.63, 3.8) is 0 Å². The summed E-state index contributed by atoms with van der Waals surface area (Å²) in [6.07, 6.45) is 5.27. The summed E-state index contributed by atoms with van der Waals surface area (Å²) in [6, 6.07) is 9.98. The molecule has 0 atom stereocenters. The Morgan fingerprint density at radius 1 is 1.23 bits per heavy atom. The molecular formula is C18H23N3O. The van der Waals surface area contributed by atoms with Crippen LogP contribution in [0.15, 0.2) is 42.7 Å². The van der Waals surface area contributed by atoms with Crippen LogP contribution in [-0.4, -0.2) is 29.5 Å². The van der Waals surface area contributed by atoms with Gasteiger partial charge in [0.2, 0.25) is 0 Å². The van der Waals surface area contributed by atoms with E-state index in [4.69, 9.17) is 0 Å². The first-order valence-corrected chi connectivity index (χ1v) is 7.61. The Hall–Kier alpha value is -2.36. The van der Waals surface area contributed by atoms with Crippen molar-refractivity contribution in [2.75, 3.05) is 18.9 Å². The molecular weight excluding hydrogens is 274 g/mol. The molecule has 0 bridgehead atoms. The number of aromatic nitrogens is 1. The molecule has 2 rings (SSSR count). The summed E-state index contributed by atoms with van der Waals surface area (Å²) in [5.41, 5.74) is 4.37. The van der Waals surface area contributed by atoms with Gasteiger partial charge in [0.05, 0.1) is 0 Å². The van der Waals surface area contributed by atoms with Gasteiger partial charge in [0.25, 0.3) is 0 Å². The van der Waals surface area contributed by atoms with Crippen LogP contribution >= 0.6 is 0 Å². The minimum absolute atomic E-state index is 0.0712. The third-order valence-corrected chi connectivity index (χ3v) is 3.80. The van der Waals surface area contributed by atoms with Crippen LogP contribution in [0, 0.1) is 6.92 Å². The highest BCUT2D eigenvalue weighted by Crippen LogP contribution is 2.21. The van der Waals surface area contributed by atoms with Gasteiger partial charge in [0, 0.05) is 31.7 Å². The molecule has 4 nitrogen and oxygen atoms in total. The molecule has 0 spiro atoms. The number of hydrogen-bond donors (Lipinski definition) is 1. The molecule has 0 saturated heterocycles.